The SMILES string of the molecule is CC(=O)N1CCC(C[NH2+]/C=C(\C=N)c2cnc3ccc(Cl)nc3c2)CC1. The average Bonchev–Trinajstić information content (AvgIpc) is 2.65. The Morgan fingerprint density at radius 2 is 2.15 bits per heavy atom. The summed E-state index contributed by atoms with van der Waals surface area (Å²) in [6, 6.07) is 5.46. The van der Waals surface area contributed by atoms with Gasteiger partial charge in [0.1, 0.15) is 11.4 Å². The summed E-state index contributed by atoms with van der Waals surface area (Å²) in [7, 11) is 0. The van der Waals surface area contributed by atoms with Crippen LogP contribution in [0.3, 0.4) is 0 Å². The molecule has 1 fully saturated rings. The molecule has 6 nitrogen and oxygen atoms in total. The maximum atomic E-state index is 11.4. The number of hydrogen-bond donors (Lipinski definition) is 2. The van der Waals surface area contributed by atoms with E-state index in [1.165, 1.54) is 6.21 Å². The molecular weight excluding hydrogens is 350 g/mol. The summed E-state index contributed by atoms with van der Waals surface area (Å²) in [6.07, 6.45) is 7.13. The lowest BCUT2D eigenvalue weighted by molar-refractivity contribution is -0.594. The lowest BCUT2D eigenvalue weighted by Gasteiger charge is -2.30. The molecule has 136 valence electrons. The Morgan fingerprint density at radius 3 is 2.85 bits per heavy atom. The number of aromatic nitrogens is 2. The van der Waals surface area contributed by atoms with Crippen LogP contribution in [-0.2, 0) is 4.79 Å². The van der Waals surface area contributed by atoms with Crippen LogP contribution in [-0.4, -0.2) is 46.6 Å². The van der Waals surface area contributed by atoms with Crippen LogP contribution in [0.25, 0.3) is 16.6 Å². The number of likely N-dealkylation sites (tertiary alicyclic amines) is 1. The summed E-state index contributed by atoms with van der Waals surface area (Å²) in [6.45, 7) is 4.27. The van der Waals surface area contributed by atoms with Gasteiger partial charge in [-0.15, -0.1) is 0 Å². The van der Waals surface area contributed by atoms with Gasteiger partial charge in [0.05, 0.1) is 23.2 Å². The number of carbonyl (C=O) groups excluding carboxylic acids is 1. The first-order valence-corrected chi connectivity index (χ1v) is 9.17. The Hall–Kier alpha value is -2.31. The van der Waals surface area contributed by atoms with Gasteiger partial charge in [-0.25, -0.2) is 4.98 Å². The molecule has 0 spiro atoms. The van der Waals surface area contributed by atoms with Gasteiger partial charge in [-0.1, -0.05) is 11.6 Å². The average molecular weight is 373 g/mol. The quantitative estimate of drug-likeness (QED) is 0.622. The largest absolute Gasteiger partial charge is 0.343 e. The maximum absolute atomic E-state index is 11.4. The molecule has 2 aromatic rings. The fourth-order valence-electron chi connectivity index (χ4n) is 3.24. The van der Waals surface area contributed by atoms with Gasteiger partial charge in [-0.3, -0.25) is 9.78 Å². The van der Waals surface area contributed by atoms with E-state index in [0.717, 1.165) is 54.6 Å². The number of nitrogens with zero attached hydrogens (tertiary/aromatic N) is 3. The number of amides is 1. The standard InChI is InChI=1S/C19H22ClN5O/c1-13(26)25-6-4-14(5-7-25)10-22-11-16(9-21)15-8-18-17(23-12-15)2-3-19(20)24-18/h2-3,8-9,11-12,14,21-22H,4-7,10H2,1H3/p+1/b16-11+,21-9?. The van der Waals surface area contributed by atoms with Crippen molar-refractivity contribution >= 4 is 40.3 Å². The molecule has 0 unspecified atom stereocenters. The second-order valence-corrected chi connectivity index (χ2v) is 6.97. The number of piperidine rings is 1. The third-order valence-electron chi connectivity index (χ3n) is 4.82. The predicted molar refractivity (Wildman–Crippen MR) is 103 cm³/mol. The monoisotopic (exact) mass is 372 g/mol. The molecule has 0 atom stereocenters. The van der Waals surface area contributed by atoms with E-state index in [1.807, 2.05) is 23.2 Å². The first-order chi connectivity index (χ1) is 12.6. The second-order valence-electron chi connectivity index (χ2n) is 6.58. The number of fused-ring (bicyclic) bond motifs is 1. The molecule has 2 aromatic heterocycles. The predicted octanol–water partition coefficient (Wildman–Crippen LogP) is 2.10. The van der Waals surface area contributed by atoms with Crippen molar-refractivity contribution in [1.29, 1.82) is 5.41 Å². The first kappa shape index (κ1) is 18.5. The van der Waals surface area contributed by atoms with Crippen molar-refractivity contribution < 1.29 is 10.1 Å². The zero-order valence-corrected chi connectivity index (χ0v) is 15.5. The molecule has 1 aliphatic rings. The van der Waals surface area contributed by atoms with Gasteiger partial charge in [0.25, 0.3) is 0 Å². The molecule has 3 rings (SSSR count). The highest BCUT2D eigenvalue weighted by Gasteiger charge is 2.21. The summed E-state index contributed by atoms with van der Waals surface area (Å²) in [4.78, 5) is 22.0. The minimum atomic E-state index is 0.163. The second kappa shape index (κ2) is 8.38. The van der Waals surface area contributed by atoms with E-state index in [9.17, 15) is 4.79 Å². The zero-order chi connectivity index (χ0) is 18.5. The van der Waals surface area contributed by atoms with E-state index < -0.39 is 0 Å². The molecule has 0 radical (unpaired) electrons. The minimum absolute atomic E-state index is 0.163. The summed E-state index contributed by atoms with van der Waals surface area (Å²) >= 11 is 5.95. The van der Waals surface area contributed by atoms with Crippen LogP contribution >= 0.6 is 11.6 Å². The van der Waals surface area contributed by atoms with Gasteiger partial charge >= 0.3 is 0 Å². The molecule has 0 bridgehead atoms. The lowest BCUT2D eigenvalue weighted by Crippen LogP contribution is -2.80. The van der Waals surface area contributed by atoms with Gasteiger partial charge in [0.15, 0.2) is 0 Å². The highest BCUT2D eigenvalue weighted by molar-refractivity contribution is 6.29. The molecule has 7 heteroatoms. The number of rotatable bonds is 5. The molecule has 26 heavy (non-hydrogen) atoms. The number of nitrogens with two attached hydrogens (primary N) is 1. The number of pyridine rings is 2. The number of allylic oxidation sites excluding steroid dienone is 1. The topological polar surface area (TPSA) is 86.5 Å². The highest BCUT2D eigenvalue weighted by atomic mass is 35.5. The van der Waals surface area contributed by atoms with Gasteiger partial charge in [-0.05, 0) is 31.0 Å². The third-order valence-corrected chi connectivity index (χ3v) is 5.03. The fourth-order valence-corrected chi connectivity index (χ4v) is 3.39. The normalized spacial score (nSPS) is 16.1. The number of hydrogen-bond acceptors (Lipinski definition) is 4. The van der Waals surface area contributed by atoms with Crippen molar-refractivity contribution in [1.82, 2.24) is 14.9 Å². The van der Waals surface area contributed by atoms with Crippen molar-refractivity contribution in [2.75, 3.05) is 19.6 Å². The molecule has 0 saturated carbocycles. The summed E-state index contributed by atoms with van der Waals surface area (Å²) in [5, 5.41) is 10.3. The number of quaternary nitrogens is 1. The van der Waals surface area contributed by atoms with Crippen molar-refractivity contribution in [2.24, 2.45) is 5.92 Å². The van der Waals surface area contributed by atoms with Crippen LogP contribution in [0.4, 0.5) is 0 Å². The Morgan fingerprint density at radius 1 is 1.38 bits per heavy atom. The van der Waals surface area contributed by atoms with Crippen LogP contribution in [0, 0.1) is 11.3 Å². The van der Waals surface area contributed by atoms with Crippen LogP contribution < -0.4 is 5.32 Å². The molecule has 1 saturated heterocycles. The Bertz CT molecular complexity index is 843. The van der Waals surface area contributed by atoms with Gasteiger partial charge < -0.3 is 15.6 Å². The van der Waals surface area contributed by atoms with E-state index >= 15 is 0 Å². The fraction of sp³-hybridized carbons (Fsp3) is 0.368. The van der Waals surface area contributed by atoms with Crippen molar-refractivity contribution in [2.45, 2.75) is 19.8 Å². The molecule has 1 aliphatic heterocycles. The van der Waals surface area contributed by atoms with E-state index in [-0.39, 0.29) is 5.91 Å². The van der Waals surface area contributed by atoms with Crippen LogP contribution in [0.5, 0.6) is 0 Å². The Labute approximate surface area is 157 Å². The lowest BCUT2D eigenvalue weighted by atomic mass is 9.97. The van der Waals surface area contributed by atoms with E-state index in [1.54, 1.807) is 19.2 Å². The van der Waals surface area contributed by atoms with Gasteiger partial charge in [0.2, 0.25) is 5.91 Å². The minimum Gasteiger partial charge on any atom is -0.343 e. The van der Waals surface area contributed by atoms with Gasteiger partial charge in [-0.2, -0.15) is 0 Å². The number of carbonyl (C=O) groups is 1. The molecule has 1 amide bonds. The first-order valence-electron chi connectivity index (χ1n) is 8.79. The molecule has 0 aromatic carbocycles. The van der Waals surface area contributed by atoms with E-state index in [0.29, 0.717) is 11.1 Å². The number of nitrogens with one attached hydrogen (secondary N) is 1. The third kappa shape index (κ3) is 4.45. The Kier molecular flexibility index (Phi) is 5.96. The molecule has 3 heterocycles. The Balaban J connectivity index is 1.63. The molecule has 0 aliphatic carbocycles. The van der Waals surface area contributed by atoms with E-state index in [4.69, 9.17) is 17.0 Å². The number of halogens is 1. The summed E-state index contributed by atoms with van der Waals surface area (Å²) in [5.74, 6) is 0.750. The van der Waals surface area contributed by atoms with Gasteiger partial charge in [0, 0.05) is 43.9 Å². The van der Waals surface area contributed by atoms with Crippen LogP contribution in [0.15, 0.2) is 30.6 Å². The molecular formula is C19H23ClN5O+. The van der Waals surface area contributed by atoms with E-state index in [2.05, 4.69) is 15.3 Å². The van der Waals surface area contributed by atoms with Crippen molar-refractivity contribution in [3.05, 3.63) is 41.3 Å². The van der Waals surface area contributed by atoms with Crippen molar-refractivity contribution in [3.63, 3.8) is 0 Å². The van der Waals surface area contributed by atoms with Crippen LogP contribution in [0.2, 0.25) is 5.15 Å². The smallest absolute Gasteiger partial charge is 0.219 e. The van der Waals surface area contributed by atoms with Crippen LogP contribution in [0.1, 0.15) is 25.3 Å². The highest BCUT2D eigenvalue weighted by Crippen LogP contribution is 2.18. The summed E-state index contributed by atoms with van der Waals surface area (Å²) in [5.41, 5.74) is 3.15. The van der Waals surface area contributed by atoms with Crippen molar-refractivity contribution in [3.8, 4) is 0 Å². The summed E-state index contributed by atoms with van der Waals surface area (Å²) < 4.78 is 0. The maximum Gasteiger partial charge on any atom is 0.219 e. The zero-order valence-electron chi connectivity index (χ0n) is 14.8. The molecule has 3 N–H and O–H groups in total.